The van der Waals surface area contributed by atoms with Gasteiger partial charge in [-0.15, -0.1) is 0 Å². The van der Waals surface area contributed by atoms with Crippen LogP contribution in [0.2, 0.25) is 0 Å². The molecule has 0 bridgehead atoms. The Bertz CT molecular complexity index is 1450. The molecule has 2 aliphatic rings. The lowest BCUT2D eigenvalue weighted by atomic mass is 10.0. The van der Waals surface area contributed by atoms with Crippen molar-refractivity contribution in [1.29, 1.82) is 0 Å². The van der Waals surface area contributed by atoms with Crippen LogP contribution in [0.3, 0.4) is 0 Å². The molecule has 0 saturated carbocycles. The van der Waals surface area contributed by atoms with Gasteiger partial charge in [-0.3, -0.25) is 9.59 Å². The van der Waals surface area contributed by atoms with Crippen LogP contribution in [-0.4, -0.2) is 67.9 Å². The van der Waals surface area contributed by atoms with Crippen LogP contribution in [-0.2, 0) is 0 Å². The SMILES string of the molecule is Cc1ccc(-n2nccn2)c(C(=O)N2CC3CN(c4ncc(-c5cccc(C(N)=O)c5)cn4)CC3C2)c1. The fourth-order valence-electron chi connectivity index (χ4n) is 5.31. The predicted octanol–water partition coefficient (Wildman–Crippen LogP) is 2.34. The summed E-state index contributed by atoms with van der Waals surface area (Å²) >= 11 is 0. The Labute approximate surface area is 213 Å². The highest BCUT2D eigenvalue weighted by Crippen LogP contribution is 2.34. The van der Waals surface area contributed by atoms with Crippen LogP contribution in [0.4, 0.5) is 5.95 Å². The van der Waals surface area contributed by atoms with Gasteiger partial charge in [-0.25, -0.2) is 9.97 Å². The van der Waals surface area contributed by atoms with Gasteiger partial charge in [0.25, 0.3) is 5.91 Å². The van der Waals surface area contributed by atoms with Crippen molar-refractivity contribution in [2.45, 2.75) is 6.92 Å². The maximum Gasteiger partial charge on any atom is 0.256 e. The van der Waals surface area contributed by atoms with Crippen molar-refractivity contribution >= 4 is 17.8 Å². The first-order valence-electron chi connectivity index (χ1n) is 12.2. The number of carbonyl (C=O) groups excluding carboxylic acids is 2. The average molecular weight is 495 g/mol. The Balaban J connectivity index is 1.14. The van der Waals surface area contributed by atoms with Crippen molar-refractivity contribution < 1.29 is 9.59 Å². The number of nitrogens with zero attached hydrogens (tertiary/aromatic N) is 7. The van der Waals surface area contributed by atoms with E-state index in [1.165, 1.54) is 4.80 Å². The van der Waals surface area contributed by atoms with Crippen LogP contribution >= 0.6 is 0 Å². The Hall–Kier alpha value is -4.60. The highest BCUT2D eigenvalue weighted by Gasteiger charge is 2.42. The van der Waals surface area contributed by atoms with E-state index in [0.29, 0.717) is 47.7 Å². The van der Waals surface area contributed by atoms with Gasteiger partial charge in [0, 0.05) is 61.5 Å². The smallest absolute Gasteiger partial charge is 0.256 e. The maximum absolute atomic E-state index is 13.5. The quantitative estimate of drug-likeness (QED) is 0.452. The number of primary amides is 1. The van der Waals surface area contributed by atoms with E-state index < -0.39 is 5.91 Å². The molecule has 2 amide bonds. The fourth-order valence-corrected chi connectivity index (χ4v) is 5.31. The molecule has 2 saturated heterocycles. The number of hydrogen-bond acceptors (Lipinski definition) is 7. The van der Waals surface area contributed by atoms with Crippen molar-refractivity contribution in [3.63, 3.8) is 0 Å². The third-order valence-electron chi connectivity index (χ3n) is 7.19. The first kappa shape index (κ1) is 22.8. The number of nitrogens with two attached hydrogens (primary N) is 1. The summed E-state index contributed by atoms with van der Waals surface area (Å²) in [6.45, 7) is 4.96. The van der Waals surface area contributed by atoms with E-state index in [1.54, 1.807) is 43.0 Å². The summed E-state index contributed by atoms with van der Waals surface area (Å²) in [5.41, 5.74) is 9.85. The number of carbonyl (C=O) groups is 2. The van der Waals surface area contributed by atoms with Gasteiger partial charge in [0.15, 0.2) is 0 Å². The fraction of sp³-hybridized carbons (Fsp3) is 0.259. The normalized spacial score (nSPS) is 18.7. The second-order valence-corrected chi connectivity index (χ2v) is 9.69. The third kappa shape index (κ3) is 4.31. The summed E-state index contributed by atoms with van der Waals surface area (Å²) < 4.78 is 0. The van der Waals surface area contributed by atoms with Gasteiger partial charge < -0.3 is 15.5 Å². The van der Waals surface area contributed by atoms with E-state index in [2.05, 4.69) is 25.1 Å². The molecule has 6 rings (SSSR count). The Morgan fingerprint density at radius 3 is 2.27 bits per heavy atom. The lowest BCUT2D eigenvalue weighted by molar-refractivity contribution is 0.0782. The topological polar surface area (TPSA) is 123 Å². The minimum absolute atomic E-state index is 0.00995. The van der Waals surface area contributed by atoms with Gasteiger partial charge in [-0.1, -0.05) is 23.8 Å². The van der Waals surface area contributed by atoms with Crippen molar-refractivity contribution in [2.24, 2.45) is 17.6 Å². The molecule has 2 aliphatic heterocycles. The average Bonchev–Trinajstić information content (AvgIpc) is 3.66. The van der Waals surface area contributed by atoms with Gasteiger partial charge in [0.1, 0.15) is 0 Å². The summed E-state index contributed by atoms with van der Waals surface area (Å²) in [5, 5.41) is 8.44. The largest absolute Gasteiger partial charge is 0.366 e. The summed E-state index contributed by atoms with van der Waals surface area (Å²) in [6.07, 6.45) is 6.76. The Kier molecular flexibility index (Phi) is 5.63. The summed E-state index contributed by atoms with van der Waals surface area (Å²) in [7, 11) is 0. The number of amides is 2. The molecular weight excluding hydrogens is 468 g/mol. The number of rotatable bonds is 5. The lowest BCUT2D eigenvalue weighted by Crippen LogP contribution is -2.34. The molecule has 37 heavy (non-hydrogen) atoms. The van der Waals surface area contributed by atoms with Gasteiger partial charge in [-0.05, 0) is 36.8 Å². The molecule has 2 unspecified atom stereocenters. The second kappa shape index (κ2) is 9.12. The van der Waals surface area contributed by atoms with E-state index in [-0.39, 0.29) is 5.91 Å². The van der Waals surface area contributed by atoms with Crippen LogP contribution in [0, 0.1) is 18.8 Å². The van der Waals surface area contributed by atoms with E-state index >= 15 is 0 Å². The van der Waals surface area contributed by atoms with Crippen molar-refractivity contribution in [2.75, 3.05) is 31.1 Å². The molecular formula is C27H26N8O2. The molecule has 2 fully saturated rings. The van der Waals surface area contributed by atoms with E-state index in [0.717, 1.165) is 29.8 Å². The van der Waals surface area contributed by atoms with Crippen LogP contribution in [0.15, 0.2) is 67.3 Å². The molecule has 10 heteroatoms. The monoisotopic (exact) mass is 494 g/mol. The van der Waals surface area contributed by atoms with Gasteiger partial charge in [0.05, 0.1) is 23.6 Å². The third-order valence-corrected chi connectivity index (χ3v) is 7.19. The zero-order valence-electron chi connectivity index (χ0n) is 20.4. The molecule has 0 radical (unpaired) electrons. The second-order valence-electron chi connectivity index (χ2n) is 9.69. The molecule has 4 aromatic rings. The molecule has 2 N–H and O–H groups in total. The molecule has 0 spiro atoms. The number of anilines is 1. The lowest BCUT2D eigenvalue weighted by Gasteiger charge is -2.23. The highest BCUT2D eigenvalue weighted by atomic mass is 16.2. The van der Waals surface area contributed by atoms with Crippen molar-refractivity contribution in [3.05, 3.63) is 83.9 Å². The molecule has 10 nitrogen and oxygen atoms in total. The van der Waals surface area contributed by atoms with Gasteiger partial charge >= 0.3 is 0 Å². The van der Waals surface area contributed by atoms with Crippen molar-refractivity contribution in [1.82, 2.24) is 29.9 Å². The zero-order chi connectivity index (χ0) is 25.5. The van der Waals surface area contributed by atoms with Crippen LogP contribution in [0.5, 0.6) is 0 Å². The number of hydrogen-bond donors (Lipinski definition) is 1. The Morgan fingerprint density at radius 1 is 0.892 bits per heavy atom. The van der Waals surface area contributed by atoms with Gasteiger partial charge in [-0.2, -0.15) is 15.0 Å². The molecule has 2 atom stereocenters. The minimum atomic E-state index is -0.466. The number of aromatic nitrogens is 5. The molecule has 186 valence electrons. The summed E-state index contributed by atoms with van der Waals surface area (Å²) in [6, 6.07) is 12.9. The summed E-state index contributed by atoms with van der Waals surface area (Å²) in [5.74, 6) is 0.932. The minimum Gasteiger partial charge on any atom is -0.366 e. The van der Waals surface area contributed by atoms with Gasteiger partial charge in [0.2, 0.25) is 11.9 Å². The van der Waals surface area contributed by atoms with Crippen LogP contribution < -0.4 is 10.6 Å². The molecule has 2 aromatic carbocycles. The van der Waals surface area contributed by atoms with Crippen LogP contribution in [0.1, 0.15) is 26.3 Å². The number of likely N-dealkylation sites (tertiary alicyclic amines) is 1. The molecule has 0 aliphatic carbocycles. The standard InChI is InChI=1S/C27H26N8O2/c1-17-5-6-24(35-31-7-8-32-35)23(9-17)26(37)33-13-21-15-34(16-22(21)14-33)27-29-11-20(12-30-27)18-3-2-4-19(10-18)25(28)36/h2-12,21-22H,13-16H2,1H3,(H2,28,36). The van der Waals surface area contributed by atoms with Crippen LogP contribution in [0.25, 0.3) is 16.8 Å². The van der Waals surface area contributed by atoms with E-state index in [1.807, 2.05) is 36.1 Å². The number of aryl methyl sites for hydroxylation is 1. The first-order valence-corrected chi connectivity index (χ1v) is 12.2. The Morgan fingerprint density at radius 2 is 1.59 bits per heavy atom. The predicted molar refractivity (Wildman–Crippen MR) is 137 cm³/mol. The van der Waals surface area contributed by atoms with E-state index in [4.69, 9.17) is 5.73 Å². The molecule has 2 aromatic heterocycles. The van der Waals surface area contributed by atoms with E-state index in [9.17, 15) is 9.59 Å². The van der Waals surface area contributed by atoms with Crippen molar-refractivity contribution in [3.8, 4) is 16.8 Å². The molecule has 4 heterocycles. The zero-order valence-corrected chi connectivity index (χ0v) is 20.4. The highest BCUT2D eigenvalue weighted by molar-refractivity contribution is 5.98. The number of benzene rings is 2. The summed E-state index contributed by atoms with van der Waals surface area (Å²) in [4.78, 5) is 39.8. The first-order chi connectivity index (χ1) is 18.0. The maximum atomic E-state index is 13.5. The number of fused-ring (bicyclic) bond motifs is 1.